The molecule has 1 heterocycles. The van der Waals surface area contributed by atoms with Crippen LogP contribution in [0.15, 0.2) is 0 Å². The van der Waals surface area contributed by atoms with Crippen LogP contribution in [0.2, 0.25) is 0 Å². The van der Waals surface area contributed by atoms with Gasteiger partial charge in [0.1, 0.15) is 6.61 Å². The Morgan fingerprint density at radius 3 is 2.93 bits per heavy atom. The predicted octanol–water partition coefficient (Wildman–Crippen LogP) is 0.526. The predicted molar refractivity (Wildman–Crippen MR) is 53.3 cm³/mol. The summed E-state index contributed by atoms with van der Waals surface area (Å²) in [7, 11) is 0. The molecular weight excluding hydrogens is 222 g/mol. The minimum atomic E-state index is -1.54. The Morgan fingerprint density at radius 1 is 1.67 bits per heavy atom. The fourth-order valence-corrected chi connectivity index (χ4v) is 1.47. The number of nitrogens with zero attached hydrogens (tertiary/aromatic N) is 2. The molecule has 0 radical (unpaired) electrons. The molecule has 0 aromatic heterocycles. The lowest BCUT2D eigenvalue weighted by Crippen LogP contribution is -2.58. The molecule has 1 fully saturated rings. The first kappa shape index (κ1) is 12.4. The van der Waals surface area contributed by atoms with Gasteiger partial charge in [-0.3, -0.25) is 0 Å². The first-order valence-electron chi connectivity index (χ1n) is 4.73. The summed E-state index contributed by atoms with van der Waals surface area (Å²) in [6.45, 7) is 4.68. The van der Waals surface area contributed by atoms with Crippen LogP contribution in [-0.4, -0.2) is 41.9 Å². The lowest BCUT2D eigenvalue weighted by molar-refractivity contribution is -0.197. The van der Waals surface area contributed by atoms with Crippen molar-refractivity contribution >= 4 is 17.4 Å². The van der Waals surface area contributed by atoms with Crippen molar-refractivity contribution in [3.8, 4) is 0 Å². The standard InChI is InChI=1S/C8H14ClN3O3/c1-3-13-6-5-15-8(9,14-4-2)7(11-6)12-10/h6,11H,3-5H2,1-2H3. The van der Waals surface area contributed by atoms with Gasteiger partial charge in [-0.25, -0.2) is 5.32 Å². The van der Waals surface area contributed by atoms with Crippen LogP contribution < -0.4 is 5.32 Å². The van der Waals surface area contributed by atoms with E-state index in [-0.39, 0.29) is 18.7 Å². The van der Waals surface area contributed by atoms with Gasteiger partial charge in [0.25, 0.3) is 0 Å². The van der Waals surface area contributed by atoms with Gasteiger partial charge in [-0.15, -0.1) is 0 Å². The van der Waals surface area contributed by atoms with Crippen LogP contribution in [-0.2, 0) is 14.2 Å². The Bertz CT molecular complexity index is 270. The van der Waals surface area contributed by atoms with Crippen molar-refractivity contribution in [1.82, 2.24) is 5.32 Å². The van der Waals surface area contributed by atoms with E-state index in [2.05, 4.69) is 10.1 Å². The van der Waals surface area contributed by atoms with Crippen molar-refractivity contribution in [2.24, 2.45) is 0 Å². The topological polar surface area (TPSA) is 76.1 Å². The highest BCUT2D eigenvalue weighted by molar-refractivity contribution is 6.32. The van der Waals surface area contributed by atoms with Crippen molar-refractivity contribution in [2.75, 3.05) is 19.8 Å². The van der Waals surface area contributed by atoms with Crippen molar-refractivity contribution < 1.29 is 19.0 Å². The average molecular weight is 236 g/mol. The maximum atomic E-state index is 8.76. The van der Waals surface area contributed by atoms with Crippen LogP contribution in [0.4, 0.5) is 0 Å². The zero-order valence-corrected chi connectivity index (χ0v) is 9.45. The second-order valence-electron chi connectivity index (χ2n) is 2.82. The maximum Gasteiger partial charge on any atom is 0.408 e. The number of rotatable bonds is 4. The highest BCUT2D eigenvalue weighted by Gasteiger charge is 2.49. The number of halogens is 1. The number of hydrogen-bond acceptors (Lipinski definition) is 3. The monoisotopic (exact) mass is 235 g/mol. The first-order valence-corrected chi connectivity index (χ1v) is 5.11. The number of amidine groups is 1. The zero-order chi connectivity index (χ0) is 11.3. The number of ether oxygens (including phenoxy) is 3. The molecule has 7 heteroatoms. The molecule has 0 spiro atoms. The van der Waals surface area contributed by atoms with Crippen molar-refractivity contribution in [2.45, 2.75) is 25.3 Å². The molecule has 86 valence electrons. The molecule has 0 saturated carbocycles. The fraction of sp³-hybridized carbons (Fsp3) is 0.875. The van der Waals surface area contributed by atoms with Crippen molar-refractivity contribution in [3.05, 3.63) is 5.53 Å². The molecule has 0 aromatic carbocycles. The smallest absolute Gasteiger partial charge is 0.408 e. The molecule has 0 aromatic rings. The van der Waals surface area contributed by atoms with Gasteiger partial charge in [0.2, 0.25) is 6.23 Å². The third kappa shape index (κ3) is 2.90. The normalized spacial score (nSPS) is 30.9. The van der Waals surface area contributed by atoms with E-state index in [1.165, 1.54) is 0 Å². The molecule has 6 nitrogen and oxygen atoms in total. The van der Waals surface area contributed by atoms with E-state index in [1.807, 2.05) is 6.92 Å². The van der Waals surface area contributed by atoms with Crippen LogP contribution in [0, 0.1) is 0 Å². The third-order valence-electron chi connectivity index (χ3n) is 1.80. The zero-order valence-electron chi connectivity index (χ0n) is 8.70. The number of hydrogen-bond donors (Lipinski definition) is 1. The number of alkyl halides is 1. The lowest BCUT2D eigenvalue weighted by atomic mass is 10.4. The van der Waals surface area contributed by atoms with Gasteiger partial charge in [-0.1, -0.05) is 0 Å². The summed E-state index contributed by atoms with van der Waals surface area (Å²) >= 11 is 5.95. The van der Waals surface area contributed by atoms with E-state index in [0.717, 1.165) is 0 Å². The van der Waals surface area contributed by atoms with Crippen molar-refractivity contribution in [1.29, 1.82) is 0 Å². The van der Waals surface area contributed by atoms with E-state index >= 15 is 0 Å². The summed E-state index contributed by atoms with van der Waals surface area (Å²) in [5.41, 5.74) is 8.76. The molecule has 0 aliphatic carbocycles. The van der Waals surface area contributed by atoms with Crippen LogP contribution >= 0.6 is 11.6 Å². The quantitative estimate of drug-likeness (QED) is 0.438. The Balaban J connectivity index is 2.69. The summed E-state index contributed by atoms with van der Waals surface area (Å²) in [6, 6.07) is 0. The summed E-state index contributed by atoms with van der Waals surface area (Å²) in [6.07, 6.45) is -0.381. The molecule has 1 rings (SSSR count). The summed E-state index contributed by atoms with van der Waals surface area (Å²) in [5, 5.41) is 1.23. The molecule has 15 heavy (non-hydrogen) atoms. The number of nitrogens with one attached hydrogen (secondary N) is 1. The van der Waals surface area contributed by atoms with Crippen LogP contribution in [0.1, 0.15) is 13.8 Å². The van der Waals surface area contributed by atoms with Gasteiger partial charge in [0, 0.05) is 13.2 Å². The summed E-state index contributed by atoms with van der Waals surface area (Å²) < 4.78 is 15.6. The summed E-state index contributed by atoms with van der Waals surface area (Å²) in [5.74, 6) is -0.00397. The van der Waals surface area contributed by atoms with Gasteiger partial charge in [0.05, 0.1) is 0 Å². The SMILES string of the molecule is CCOC1COC(Cl)(OCC)C(=[N+]=[N-])N1. The highest BCUT2D eigenvalue weighted by Crippen LogP contribution is 2.23. The third-order valence-corrected chi connectivity index (χ3v) is 2.20. The van der Waals surface area contributed by atoms with E-state index in [0.29, 0.717) is 13.2 Å². The Kier molecular flexibility index (Phi) is 4.50. The minimum absolute atomic E-state index is 0.00397. The molecule has 1 N–H and O–H groups in total. The molecule has 1 aliphatic rings. The van der Waals surface area contributed by atoms with Gasteiger partial charge in [-0.2, -0.15) is 0 Å². The van der Waals surface area contributed by atoms with E-state index in [1.54, 1.807) is 6.92 Å². The average Bonchev–Trinajstić information content (AvgIpc) is 2.22. The van der Waals surface area contributed by atoms with Crippen LogP contribution in [0.25, 0.3) is 5.53 Å². The number of morpholine rings is 1. The van der Waals surface area contributed by atoms with Gasteiger partial charge < -0.3 is 24.5 Å². The van der Waals surface area contributed by atoms with Gasteiger partial charge >= 0.3 is 11.1 Å². The molecule has 1 saturated heterocycles. The molecule has 0 amide bonds. The molecular formula is C8H14ClN3O3. The van der Waals surface area contributed by atoms with Crippen LogP contribution in [0.5, 0.6) is 0 Å². The molecule has 0 bridgehead atoms. The fourth-order valence-electron chi connectivity index (χ4n) is 1.21. The van der Waals surface area contributed by atoms with E-state index < -0.39 is 5.25 Å². The second-order valence-corrected chi connectivity index (χ2v) is 3.31. The van der Waals surface area contributed by atoms with Gasteiger partial charge in [-0.05, 0) is 25.4 Å². The maximum absolute atomic E-state index is 8.76. The Morgan fingerprint density at radius 2 is 2.40 bits per heavy atom. The Hall–Kier alpha value is -0.650. The lowest BCUT2D eigenvalue weighted by Gasteiger charge is -2.30. The van der Waals surface area contributed by atoms with Crippen molar-refractivity contribution in [3.63, 3.8) is 0 Å². The van der Waals surface area contributed by atoms with E-state index in [4.69, 9.17) is 31.3 Å². The van der Waals surface area contributed by atoms with Gasteiger partial charge in [0.15, 0.2) is 0 Å². The largest absolute Gasteiger partial charge is 0.497 e. The molecule has 2 atom stereocenters. The van der Waals surface area contributed by atoms with Crippen LogP contribution in [0.3, 0.4) is 0 Å². The second kappa shape index (κ2) is 5.44. The minimum Gasteiger partial charge on any atom is -0.497 e. The highest BCUT2D eigenvalue weighted by atomic mass is 35.5. The molecule has 2 unspecified atom stereocenters. The first-order chi connectivity index (χ1) is 7.16. The van der Waals surface area contributed by atoms with E-state index in [9.17, 15) is 0 Å². The summed E-state index contributed by atoms with van der Waals surface area (Å²) in [4.78, 5) is 3.00. The Labute approximate surface area is 93.1 Å². The molecule has 1 aliphatic heterocycles.